The first-order valence-electron chi connectivity index (χ1n) is 7.26. The molecular weight excluding hydrogens is 362 g/mol. The van der Waals surface area contributed by atoms with Gasteiger partial charge in [-0.15, -0.1) is 0 Å². The Hall–Kier alpha value is -2.68. The third-order valence-corrected chi connectivity index (χ3v) is 3.73. The summed E-state index contributed by atoms with van der Waals surface area (Å²) in [7, 11) is 0. The van der Waals surface area contributed by atoms with Crippen LogP contribution in [0.3, 0.4) is 0 Å². The molecule has 1 unspecified atom stereocenters. The standard InChI is InChI=1S/C17H10F6N2O/c18-16(19,20)11-5-3-4-9-10(15(26)12-6-1-2-7-24-12)8-13(17(21,22)23)25-14(9)11/h1-8,15,26H. The van der Waals surface area contributed by atoms with Crippen LogP contribution in [-0.2, 0) is 12.4 Å². The van der Waals surface area contributed by atoms with E-state index >= 15 is 0 Å². The van der Waals surface area contributed by atoms with Crippen molar-refractivity contribution in [2.24, 2.45) is 0 Å². The maximum absolute atomic E-state index is 13.2. The minimum Gasteiger partial charge on any atom is -0.382 e. The highest BCUT2D eigenvalue weighted by Crippen LogP contribution is 2.39. The molecule has 136 valence electrons. The minimum absolute atomic E-state index is 0.00513. The molecular formula is C17H10F6N2O. The largest absolute Gasteiger partial charge is 0.433 e. The van der Waals surface area contributed by atoms with Gasteiger partial charge in [-0.05, 0) is 29.8 Å². The van der Waals surface area contributed by atoms with Crippen molar-refractivity contribution in [2.75, 3.05) is 0 Å². The number of halogens is 6. The average Bonchev–Trinajstić information content (AvgIpc) is 2.58. The zero-order valence-electron chi connectivity index (χ0n) is 12.8. The summed E-state index contributed by atoms with van der Waals surface area (Å²) in [4.78, 5) is 7.02. The second-order valence-corrected chi connectivity index (χ2v) is 5.45. The lowest BCUT2D eigenvalue weighted by Gasteiger charge is -2.18. The molecule has 0 radical (unpaired) electrons. The molecule has 3 aromatic rings. The van der Waals surface area contributed by atoms with Crippen molar-refractivity contribution in [3.8, 4) is 0 Å². The van der Waals surface area contributed by atoms with Crippen molar-refractivity contribution in [2.45, 2.75) is 18.5 Å². The molecule has 0 saturated heterocycles. The summed E-state index contributed by atoms with van der Waals surface area (Å²) in [5.74, 6) is 0. The van der Waals surface area contributed by atoms with Crippen LogP contribution >= 0.6 is 0 Å². The molecule has 0 aliphatic heterocycles. The third kappa shape index (κ3) is 3.34. The molecule has 26 heavy (non-hydrogen) atoms. The Morgan fingerprint density at radius 1 is 0.885 bits per heavy atom. The van der Waals surface area contributed by atoms with Crippen LogP contribution in [0, 0.1) is 0 Å². The molecule has 0 amide bonds. The molecule has 3 rings (SSSR count). The maximum atomic E-state index is 13.2. The first-order valence-corrected chi connectivity index (χ1v) is 7.26. The molecule has 0 spiro atoms. The number of fused-ring (bicyclic) bond motifs is 1. The number of aliphatic hydroxyl groups is 1. The Morgan fingerprint density at radius 3 is 2.19 bits per heavy atom. The summed E-state index contributed by atoms with van der Waals surface area (Å²) >= 11 is 0. The fraction of sp³-hybridized carbons (Fsp3) is 0.176. The molecule has 0 bridgehead atoms. The Bertz CT molecular complexity index is 938. The van der Waals surface area contributed by atoms with Gasteiger partial charge < -0.3 is 5.11 Å². The Morgan fingerprint density at radius 2 is 1.62 bits per heavy atom. The van der Waals surface area contributed by atoms with Crippen molar-refractivity contribution < 1.29 is 31.4 Å². The molecule has 0 aliphatic rings. The van der Waals surface area contributed by atoms with Gasteiger partial charge in [0.25, 0.3) is 0 Å². The number of aliphatic hydroxyl groups excluding tert-OH is 1. The number of hydrogen-bond acceptors (Lipinski definition) is 3. The van der Waals surface area contributed by atoms with Gasteiger partial charge in [0, 0.05) is 11.6 Å². The van der Waals surface area contributed by atoms with Crippen LogP contribution in [-0.4, -0.2) is 15.1 Å². The van der Waals surface area contributed by atoms with E-state index in [0.717, 1.165) is 6.07 Å². The molecule has 1 aromatic carbocycles. The number of aromatic nitrogens is 2. The smallest absolute Gasteiger partial charge is 0.382 e. The van der Waals surface area contributed by atoms with E-state index in [4.69, 9.17) is 0 Å². The lowest BCUT2D eigenvalue weighted by atomic mass is 9.97. The quantitative estimate of drug-likeness (QED) is 0.661. The van der Waals surface area contributed by atoms with E-state index in [1.807, 2.05) is 0 Å². The van der Waals surface area contributed by atoms with E-state index in [1.54, 1.807) is 0 Å². The summed E-state index contributed by atoms with van der Waals surface area (Å²) in [6.07, 6.45) is -10.2. The molecule has 2 heterocycles. The van der Waals surface area contributed by atoms with Crippen molar-refractivity contribution in [3.05, 3.63) is 71.2 Å². The van der Waals surface area contributed by atoms with Crippen LogP contribution in [0.4, 0.5) is 26.3 Å². The summed E-state index contributed by atoms with van der Waals surface area (Å²) in [6, 6.07) is 7.81. The van der Waals surface area contributed by atoms with Crippen LogP contribution < -0.4 is 0 Å². The average molecular weight is 372 g/mol. The summed E-state index contributed by atoms with van der Waals surface area (Å²) in [5.41, 5.74) is -4.06. The molecule has 9 heteroatoms. The zero-order chi connectivity index (χ0) is 19.1. The SMILES string of the molecule is OC(c1ccccn1)c1cc(C(F)(F)F)nc2c(C(F)(F)F)cccc12. The van der Waals surface area contributed by atoms with Crippen LogP contribution in [0.25, 0.3) is 10.9 Å². The monoisotopic (exact) mass is 372 g/mol. The number of para-hydroxylation sites is 1. The van der Waals surface area contributed by atoms with Gasteiger partial charge >= 0.3 is 12.4 Å². The molecule has 0 aliphatic carbocycles. The molecule has 3 nitrogen and oxygen atoms in total. The number of alkyl halides is 6. The van der Waals surface area contributed by atoms with E-state index in [9.17, 15) is 31.4 Å². The van der Waals surface area contributed by atoms with Crippen LogP contribution in [0.15, 0.2) is 48.7 Å². The highest BCUT2D eigenvalue weighted by atomic mass is 19.4. The van der Waals surface area contributed by atoms with Gasteiger partial charge in [0.1, 0.15) is 11.8 Å². The Kier molecular flexibility index (Phi) is 4.35. The van der Waals surface area contributed by atoms with Gasteiger partial charge in [-0.2, -0.15) is 26.3 Å². The van der Waals surface area contributed by atoms with Gasteiger partial charge in [0.05, 0.1) is 16.8 Å². The summed E-state index contributed by atoms with van der Waals surface area (Å²) in [6.45, 7) is 0. The number of hydrogen-bond donors (Lipinski definition) is 1. The van der Waals surface area contributed by atoms with Crippen LogP contribution in [0.5, 0.6) is 0 Å². The van der Waals surface area contributed by atoms with Gasteiger partial charge in [0.15, 0.2) is 0 Å². The van der Waals surface area contributed by atoms with Gasteiger partial charge in [0.2, 0.25) is 0 Å². The van der Waals surface area contributed by atoms with Crippen molar-refractivity contribution in [1.29, 1.82) is 0 Å². The number of nitrogens with zero attached hydrogens (tertiary/aromatic N) is 2. The Balaban J connectivity index is 2.34. The predicted octanol–water partition coefficient (Wildman–Crippen LogP) is 4.75. The van der Waals surface area contributed by atoms with E-state index in [-0.39, 0.29) is 16.6 Å². The first kappa shape index (κ1) is 18.1. The van der Waals surface area contributed by atoms with E-state index < -0.39 is 35.2 Å². The lowest BCUT2D eigenvalue weighted by molar-refractivity contribution is -0.142. The van der Waals surface area contributed by atoms with E-state index in [2.05, 4.69) is 9.97 Å². The zero-order valence-corrected chi connectivity index (χ0v) is 12.8. The second kappa shape index (κ2) is 6.24. The number of pyridine rings is 2. The predicted molar refractivity (Wildman–Crippen MR) is 80.0 cm³/mol. The summed E-state index contributed by atoms with van der Waals surface area (Å²) < 4.78 is 79.1. The number of benzene rings is 1. The van der Waals surface area contributed by atoms with Crippen LogP contribution in [0.1, 0.15) is 28.6 Å². The van der Waals surface area contributed by atoms with Crippen molar-refractivity contribution >= 4 is 10.9 Å². The van der Waals surface area contributed by atoms with Gasteiger partial charge in [-0.1, -0.05) is 18.2 Å². The highest BCUT2D eigenvalue weighted by molar-refractivity contribution is 5.86. The highest BCUT2D eigenvalue weighted by Gasteiger charge is 2.38. The van der Waals surface area contributed by atoms with Gasteiger partial charge in [-0.3, -0.25) is 4.98 Å². The maximum Gasteiger partial charge on any atom is 0.433 e. The fourth-order valence-electron chi connectivity index (χ4n) is 2.57. The first-order chi connectivity index (χ1) is 12.1. The molecule has 2 aromatic heterocycles. The van der Waals surface area contributed by atoms with Crippen molar-refractivity contribution in [1.82, 2.24) is 9.97 Å². The second-order valence-electron chi connectivity index (χ2n) is 5.45. The topological polar surface area (TPSA) is 46.0 Å². The molecule has 0 saturated carbocycles. The van der Waals surface area contributed by atoms with E-state index in [1.165, 1.54) is 30.5 Å². The number of rotatable bonds is 2. The molecule has 1 N–H and O–H groups in total. The van der Waals surface area contributed by atoms with Crippen molar-refractivity contribution in [3.63, 3.8) is 0 Å². The molecule has 1 atom stereocenters. The molecule has 0 fully saturated rings. The normalized spacial score (nSPS) is 13.8. The Labute approximate surface area is 142 Å². The lowest BCUT2D eigenvalue weighted by Crippen LogP contribution is -2.14. The summed E-state index contributed by atoms with van der Waals surface area (Å²) in [5, 5.41) is 10.2. The van der Waals surface area contributed by atoms with Gasteiger partial charge in [-0.25, -0.2) is 4.98 Å². The third-order valence-electron chi connectivity index (χ3n) is 3.73. The van der Waals surface area contributed by atoms with E-state index in [0.29, 0.717) is 12.1 Å². The fourth-order valence-corrected chi connectivity index (χ4v) is 2.57. The van der Waals surface area contributed by atoms with Crippen LogP contribution in [0.2, 0.25) is 0 Å². The minimum atomic E-state index is -4.98.